The van der Waals surface area contributed by atoms with Crippen LogP contribution >= 0.6 is 0 Å². The van der Waals surface area contributed by atoms with Crippen LogP contribution in [0.2, 0.25) is 0 Å². The van der Waals surface area contributed by atoms with Crippen molar-refractivity contribution in [2.45, 2.75) is 25.4 Å². The van der Waals surface area contributed by atoms with Crippen molar-refractivity contribution in [3.63, 3.8) is 0 Å². The minimum Gasteiger partial charge on any atom is -0.383 e. The van der Waals surface area contributed by atoms with Gasteiger partial charge in [0.25, 0.3) is 0 Å². The van der Waals surface area contributed by atoms with E-state index in [1.807, 2.05) is 24.1 Å². The Morgan fingerprint density at radius 3 is 2.73 bits per heavy atom. The van der Waals surface area contributed by atoms with E-state index < -0.39 is 0 Å². The van der Waals surface area contributed by atoms with E-state index >= 15 is 0 Å². The summed E-state index contributed by atoms with van der Waals surface area (Å²) in [6.45, 7) is 5.45. The lowest BCUT2D eigenvalue weighted by Gasteiger charge is -2.37. The smallest absolute Gasteiger partial charge is 0.237 e. The van der Waals surface area contributed by atoms with Gasteiger partial charge in [-0.15, -0.1) is 0 Å². The number of methoxy groups -OCH3 is 1. The van der Waals surface area contributed by atoms with Crippen molar-refractivity contribution in [3.8, 4) is 0 Å². The lowest BCUT2D eigenvalue weighted by atomic mass is 9.95. The van der Waals surface area contributed by atoms with Crippen LogP contribution in [0, 0.1) is 11.7 Å². The Hall–Kier alpha value is -1.50. The highest BCUT2D eigenvalue weighted by Gasteiger charge is 2.37. The van der Waals surface area contributed by atoms with Crippen LogP contribution in [0.25, 0.3) is 0 Å². The number of rotatable bonds is 7. The van der Waals surface area contributed by atoms with E-state index in [4.69, 9.17) is 4.74 Å². The quantitative estimate of drug-likeness (QED) is 0.741. The number of piperidine rings is 1. The SMILES string of the molecule is COCCN(C)CC(=O)N1C[C@H]2CC[C@@H]1CN(Cc1ccc(F)cc1)C2. The first-order valence-electron chi connectivity index (χ1n) is 9.49. The average Bonchev–Trinajstić information content (AvgIpc) is 2.92. The molecule has 6 heteroatoms. The molecular weight excluding hydrogens is 333 g/mol. The molecule has 2 atom stereocenters. The lowest BCUT2D eigenvalue weighted by Crippen LogP contribution is -2.50. The van der Waals surface area contributed by atoms with Gasteiger partial charge in [0, 0.05) is 45.9 Å². The first-order valence-corrected chi connectivity index (χ1v) is 9.49. The number of fused-ring (bicyclic) bond motifs is 4. The number of hydrogen-bond donors (Lipinski definition) is 0. The fourth-order valence-corrected chi connectivity index (χ4v) is 4.11. The molecule has 5 nitrogen and oxygen atoms in total. The van der Waals surface area contributed by atoms with Gasteiger partial charge in [0.2, 0.25) is 5.91 Å². The van der Waals surface area contributed by atoms with Crippen LogP contribution in [0.3, 0.4) is 0 Å². The van der Waals surface area contributed by atoms with Gasteiger partial charge < -0.3 is 9.64 Å². The van der Waals surface area contributed by atoms with E-state index in [9.17, 15) is 9.18 Å². The Bertz CT molecular complexity index is 595. The first kappa shape index (κ1) is 19.3. The summed E-state index contributed by atoms with van der Waals surface area (Å²) in [6, 6.07) is 7.05. The summed E-state index contributed by atoms with van der Waals surface area (Å²) in [7, 11) is 3.65. The lowest BCUT2D eigenvalue weighted by molar-refractivity contribution is -0.136. The third-order valence-electron chi connectivity index (χ3n) is 5.51. The highest BCUT2D eigenvalue weighted by atomic mass is 19.1. The average molecular weight is 363 g/mol. The Labute approximate surface area is 155 Å². The van der Waals surface area contributed by atoms with Crippen molar-refractivity contribution >= 4 is 5.91 Å². The van der Waals surface area contributed by atoms with Gasteiger partial charge in [0.1, 0.15) is 5.82 Å². The molecule has 0 spiro atoms. The maximum Gasteiger partial charge on any atom is 0.237 e. The molecule has 3 heterocycles. The summed E-state index contributed by atoms with van der Waals surface area (Å²) in [5.41, 5.74) is 1.13. The Morgan fingerprint density at radius 2 is 2.00 bits per heavy atom. The number of likely N-dealkylation sites (N-methyl/N-ethyl adjacent to an activating group) is 1. The van der Waals surface area contributed by atoms with Crippen LogP contribution in [0.4, 0.5) is 4.39 Å². The molecule has 0 saturated carbocycles. The summed E-state index contributed by atoms with van der Waals surface area (Å²) in [5.74, 6) is 0.559. The van der Waals surface area contributed by atoms with Crippen LogP contribution in [0.1, 0.15) is 18.4 Å². The Morgan fingerprint density at radius 1 is 1.23 bits per heavy atom. The zero-order valence-corrected chi connectivity index (χ0v) is 15.9. The summed E-state index contributed by atoms with van der Waals surface area (Å²) >= 11 is 0. The minimum absolute atomic E-state index is 0.195. The zero-order valence-electron chi connectivity index (χ0n) is 15.9. The van der Waals surface area contributed by atoms with Gasteiger partial charge in [0.15, 0.2) is 0 Å². The molecule has 0 unspecified atom stereocenters. The summed E-state index contributed by atoms with van der Waals surface area (Å²) in [5, 5.41) is 0. The summed E-state index contributed by atoms with van der Waals surface area (Å²) in [4.78, 5) is 19.4. The minimum atomic E-state index is -0.195. The van der Waals surface area contributed by atoms with Crippen LogP contribution < -0.4 is 0 Å². The second kappa shape index (κ2) is 8.93. The summed E-state index contributed by atoms with van der Waals surface area (Å²) < 4.78 is 18.2. The number of carbonyl (C=O) groups excluding carboxylic acids is 1. The molecular formula is C20H30FN3O2. The molecule has 26 heavy (non-hydrogen) atoms. The molecule has 4 rings (SSSR count). The normalized spacial score (nSPS) is 23.5. The molecule has 3 fully saturated rings. The number of amides is 1. The van der Waals surface area contributed by atoms with E-state index in [2.05, 4.69) is 9.80 Å². The molecule has 1 aromatic carbocycles. The Kier molecular flexibility index (Phi) is 6.62. The van der Waals surface area contributed by atoms with Gasteiger partial charge in [-0.2, -0.15) is 0 Å². The van der Waals surface area contributed by atoms with Gasteiger partial charge in [-0.25, -0.2) is 4.39 Å². The van der Waals surface area contributed by atoms with Gasteiger partial charge in [-0.05, 0) is 43.5 Å². The predicted octanol–water partition coefficient (Wildman–Crippen LogP) is 1.83. The molecule has 1 amide bonds. The van der Waals surface area contributed by atoms with Crippen LogP contribution in [-0.2, 0) is 16.1 Å². The maximum absolute atomic E-state index is 13.1. The van der Waals surface area contributed by atoms with Gasteiger partial charge in [0.05, 0.1) is 13.2 Å². The van der Waals surface area contributed by atoms with Crippen LogP contribution in [0.15, 0.2) is 24.3 Å². The molecule has 0 aromatic heterocycles. The summed E-state index contributed by atoms with van der Waals surface area (Å²) in [6.07, 6.45) is 2.27. The van der Waals surface area contributed by atoms with E-state index in [1.54, 1.807) is 7.11 Å². The van der Waals surface area contributed by atoms with Gasteiger partial charge in [-0.1, -0.05) is 12.1 Å². The fraction of sp³-hybridized carbons (Fsp3) is 0.650. The largest absolute Gasteiger partial charge is 0.383 e. The van der Waals surface area contributed by atoms with E-state index in [-0.39, 0.29) is 17.8 Å². The number of nitrogens with zero attached hydrogens (tertiary/aromatic N) is 3. The van der Waals surface area contributed by atoms with Crippen LogP contribution in [-0.4, -0.2) is 80.1 Å². The molecule has 1 aromatic rings. The van der Waals surface area contributed by atoms with Gasteiger partial charge >= 0.3 is 0 Å². The Balaban J connectivity index is 1.58. The third-order valence-corrected chi connectivity index (χ3v) is 5.51. The highest BCUT2D eigenvalue weighted by Crippen LogP contribution is 2.29. The van der Waals surface area contributed by atoms with Crippen molar-refractivity contribution in [3.05, 3.63) is 35.6 Å². The van der Waals surface area contributed by atoms with Crippen molar-refractivity contribution in [1.82, 2.24) is 14.7 Å². The molecule has 2 bridgehead atoms. The van der Waals surface area contributed by atoms with E-state index in [0.717, 1.165) is 44.7 Å². The molecule has 3 saturated heterocycles. The molecule has 0 aliphatic carbocycles. The fourth-order valence-electron chi connectivity index (χ4n) is 4.11. The number of carbonyl (C=O) groups is 1. The van der Waals surface area contributed by atoms with E-state index in [1.165, 1.54) is 18.6 Å². The molecule has 3 aliphatic heterocycles. The monoisotopic (exact) mass is 363 g/mol. The second-order valence-electron chi connectivity index (χ2n) is 7.69. The van der Waals surface area contributed by atoms with Crippen molar-refractivity contribution in [2.75, 3.05) is 53.5 Å². The van der Waals surface area contributed by atoms with Crippen molar-refractivity contribution < 1.29 is 13.9 Å². The number of ether oxygens (including phenoxy) is 1. The number of halogens is 1. The topological polar surface area (TPSA) is 36.0 Å². The number of hydrogen-bond acceptors (Lipinski definition) is 4. The molecule has 0 radical (unpaired) electrons. The number of benzene rings is 1. The molecule has 3 aliphatic rings. The molecule has 0 N–H and O–H groups in total. The highest BCUT2D eigenvalue weighted by molar-refractivity contribution is 5.78. The van der Waals surface area contributed by atoms with Crippen molar-refractivity contribution in [1.29, 1.82) is 0 Å². The first-order chi connectivity index (χ1) is 12.5. The van der Waals surface area contributed by atoms with Crippen molar-refractivity contribution in [2.24, 2.45) is 5.92 Å². The van der Waals surface area contributed by atoms with Gasteiger partial charge in [-0.3, -0.25) is 14.6 Å². The zero-order chi connectivity index (χ0) is 18.5. The van der Waals surface area contributed by atoms with Crippen LogP contribution in [0.5, 0.6) is 0 Å². The maximum atomic E-state index is 13.1. The van der Waals surface area contributed by atoms with E-state index in [0.29, 0.717) is 19.1 Å². The second-order valence-corrected chi connectivity index (χ2v) is 7.69. The molecule has 144 valence electrons. The third kappa shape index (κ3) is 5.02. The predicted molar refractivity (Wildman–Crippen MR) is 99.3 cm³/mol. The standard InChI is InChI=1S/C20H30FN3O2/c1-22(9-10-26-2)15-20(25)24-13-17-5-8-19(24)14-23(12-17)11-16-3-6-18(21)7-4-16/h3-4,6-7,17,19H,5,8-15H2,1-2H3/t17-,19+/m0/s1.